The number of hydrogen-bond acceptors (Lipinski definition) is 3. The lowest BCUT2D eigenvalue weighted by atomic mass is 9.84. The molecule has 6 heteroatoms. The van der Waals surface area contributed by atoms with Crippen LogP contribution in [0.4, 0.5) is 16.2 Å². The van der Waals surface area contributed by atoms with Crippen LogP contribution in [0.25, 0.3) is 0 Å². The summed E-state index contributed by atoms with van der Waals surface area (Å²) in [5.41, 5.74) is 1.96. The number of anilines is 2. The largest absolute Gasteiger partial charge is 0.323 e. The van der Waals surface area contributed by atoms with E-state index in [0.29, 0.717) is 29.8 Å². The molecule has 2 aromatic rings. The fourth-order valence-corrected chi connectivity index (χ4v) is 3.69. The van der Waals surface area contributed by atoms with E-state index >= 15 is 0 Å². The number of carbonyl (C=O) groups is 1. The highest BCUT2D eigenvalue weighted by molar-refractivity contribution is 5.99. The van der Waals surface area contributed by atoms with Crippen molar-refractivity contribution in [3.8, 4) is 0 Å². The van der Waals surface area contributed by atoms with Crippen LogP contribution in [-0.4, -0.2) is 23.7 Å². The first-order valence-corrected chi connectivity index (χ1v) is 8.28. The standard InChI is InChI=1S/C18H20N4O2/c23-17-15(21-18(24)20-14-4-2-1-3-5-14)6-7-16-13-8-12(9-19-10-13)11-22(16)17/h1-7,12-13,19H,8-11H2,(H2,20,21,24). The molecule has 2 unspecified atom stereocenters. The molecule has 2 bridgehead atoms. The van der Waals surface area contributed by atoms with Gasteiger partial charge in [-0.3, -0.25) is 4.79 Å². The summed E-state index contributed by atoms with van der Waals surface area (Å²) in [7, 11) is 0. The number of piperidine rings is 1. The summed E-state index contributed by atoms with van der Waals surface area (Å²) in [6.07, 6.45) is 1.13. The zero-order valence-corrected chi connectivity index (χ0v) is 13.3. The van der Waals surface area contributed by atoms with Gasteiger partial charge in [0.2, 0.25) is 0 Å². The monoisotopic (exact) mass is 324 g/mol. The molecule has 4 rings (SSSR count). The molecule has 0 spiro atoms. The van der Waals surface area contributed by atoms with Gasteiger partial charge in [0.15, 0.2) is 0 Å². The average Bonchev–Trinajstić information content (AvgIpc) is 2.59. The van der Waals surface area contributed by atoms with Crippen LogP contribution in [0.5, 0.6) is 0 Å². The van der Waals surface area contributed by atoms with E-state index in [1.807, 2.05) is 28.8 Å². The second-order valence-electron chi connectivity index (χ2n) is 6.49. The van der Waals surface area contributed by atoms with E-state index in [9.17, 15) is 9.59 Å². The van der Waals surface area contributed by atoms with E-state index in [-0.39, 0.29) is 5.56 Å². The fourth-order valence-electron chi connectivity index (χ4n) is 3.69. The van der Waals surface area contributed by atoms with Crippen molar-refractivity contribution in [3.05, 3.63) is 58.5 Å². The summed E-state index contributed by atoms with van der Waals surface area (Å²) in [5.74, 6) is 0.875. The minimum Gasteiger partial charge on any atom is -0.316 e. The van der Waals surface area contributed by atoms with Crippen molar-refractivity contribution >= 4 is 17.4 Å². The van der Waals surface area contributed by atoms with Crippen LogP contribution < -0.4 is 21.5 Å². The molecule has 2 amide bonds. The van der Waals surface area contributed by atoms with Crippen LogP contribution >= 0.6 is 0 Å². The van der Waals surface area contributed by atoms with Crippen LogP contribution in [0.3, 0.4) is 0 Å². The molecule has 24 heavy (non-hydrogen) atoms. The molecule has 1 aromatic heterocycles. The maximum absolute atomic E-state index is 12.7. The maximum atomic E-state index is 12.7. The van der Waals surface area contributed by atoms with Gasteiger partial charge in [-0.05, 0) is 43.1 Å². The number of rotatable bonds is 2. The molecule has 0 saturated carbocycles. The molecule has 0 aliphatic carbocycles. The Labute approximate surface area is 139 Å². The lowest BCUT2D eigenvalue weighted by Gasteiger charge is -2.37. The van der Waals surface area contributed by atoms with Crippen molar-refractivity contribution in [2.24, 2.45) is 5.92 Å². The van der Waals surface area contributed by atoms with Crippen molar-refractivity contribution in [2.45, 2.75) is 18.9 Å². The van der Waals surface area contributed by atoms with Gasteiger partial charge in [-0.1, -0.05) is 18.2 Å². The number of hydrogen-bond donors (Lipinski definition) is 3. The van der Waals surface area contributed by atoms with Gasteiger partial charge < -0.3 is 20.5 Å². The van der Waals surface area contributed by atoms with E-state index < -0.39 is 6.03 Å². The number of aromatic nitrogens is 1. The van der Waals surface area contributed by atoms with Gasteiger partial charge >= 0.3 is 6.03 Å². The zero-order chi connectivity index (χ0) is 16.5. The van der Waals surface area contributed by atoms with Crippen molar-refractivity contribution in [1.82, 2.24) is 9.88 Å². The Morgan fingerprint density at radius 3 is 2.75 bits per heavy atom. The van der Waals surface area contributed by atoms with E-state index in [1.165, 1.54) is 0 Å². The zero-order valence-electron chi connectivity index (χ0n) is 13.3. The Hall–Kier alpha value is -2.60. The summed E-state index contributed by atoms with van der Waals surface area (Å²) in [4.78, 5) is 24.9. The predicted octanol–water partition coefficient (Wildman–Crippen LogP) is 2.20. The first kappa shape index (κ1) is 15.0. The van der Waals surface area contributed by atoms with E-state index in [0.717, 1.165) is 25.2 Å². The van der Waals surface area contributed by atoms with Gasteiger partial charge in [-0.2, -0.15) is 0 Å². The van der Waals surface area contributed by atoms with Crippen LogP contribution in [-0.2, 0) is 6.54 Å². The van der Waals surface area contributed by atoms with E-state index in [1.54, 1.807) is 18.2 Å². The van der Waals surface area contributed by atoms with Gasteiger partial charge in [0.1, 0.15) is 5.69 Å². The number of nitrogens with zero attached hydrogens (tertiary/aromatic N) is 1. The van der Waals surface area contributed by atoms with Crippen molar-refractivity contribution in [2.75, 3.05) is 23.7 Å². The molecule has 2 atom stereocenters. The highest BCUT2D eigenvalue weighted by Gasteiger charge is 2.31. The topological polar surface area (TPSA) is 75.2 Å². The molecule has 3 heterocycles. The minimum atomic E-state index is -0.406. The Morgan fingerprint density at radius 2 is 1.92 bits per heavy atom. The third kappa shape index (κ3) is 2.80. The molecule has 0 radical (unpaired) electrons. The third-order valence-corrected chi connectivity index (χ3v) is 4.79. The Morgan fingerprint density at radius 1 is 1.08 bits per heavy atom. The summed E-state index contributed by atoms with van der Waals surface area (Å²) >= 11 is 0. The summed E-state index contributed by atoms with van der Waals surface area (Å²) in [5, 5.41) is 8.83. The number of amides is 2. The molecule has 3 N–H and O–H groups in total. The number of para-hydroxylation sites is 1. The van der Waals surface area contributed by atoms with E-state index in [2.05, 4.69) is 16.0 Å². The minimum absolute atomic E-state index is 0.118. The number of pyridine rings is 1. The lowest BCUT2D eigenvalue weighted by Crippen LogP contribution is -2.45. The molecule has 1 saturated heterocycles. The van der Waals surface area contributed by atoms with Crippen LogP contribution in [0.1, 0.15) is 18.0 Å². The molecular formula is C18H20N4O2. The van der Waals surface area contributed by atoms with Crippen molar-refractivity contribution < 1.29 is 4.79 Å². The molecule has 2 aliphatic rings. The van der Waals surface area contributed by atoms with Crippen LogP contribution in [0.2, 0.25) is 0 Å². The average molecular weight is 324 g/mol. The molecule has 1 fully saturated rings. The second-order valence-corrected chi connectivity index (χ2v) is 6.49. The van der Waals surface area contributed by atoms with Crippen LogP contribution in [0, 0.1) is 5.92 Å². The smallest absolute Gasteiger partial charge is 0.316 e. The molecule has 2 aliphatic heterocycles. The molecule has 1 aromatic carbocycles. The first-order valence-electron chi connectivity index (χ1n) is 8.28. The number of benzene rings is 1. The Kier molecular flexibility index (Phi) is 3.82. The quantitative estimate of drug-likeness (QED) is 0.793. The maximum Gasteiger partial charge on any atom is 0.323 e. The second kappa shape index (κ2) is 6.13. The number of urea groups is 1. The number of nitrogens with one attached hydrogen (secondary N) is 3. The predicted molar refractivity (Wildman–Crippen MR) is 93.5 cm³/mol. The van der Waals surface area contributed by atoms with Gasteiger partial charge in [0.05, 0.1) is 0 Å². The SMILES string of the molecule is O=C(Nc1ccccc1)Nc1ccc2n(c1=O)CC1CNCC2C1. The van der Waals surface area contributed by atoms with Gasteiger partial charge in [-0.25, -0.2) is 4.79 Å². The normalized spacial score (nSPS) is 21.7. The highest BCUT2D eigenvalue weighted by Crippen LogP contribution is 2.32. The molecule has 124 valence electrons. The van der Waals surface area contributed by atoms with Crippen molar-refractivity contribution in [3.63, 3.8) is 0 Å². The van der Waals surface area contributed by atoms with Crippen LogP contribution in [0.15, 0.2) is 47.3 Å². The first-order chi connectivity index (χ1) is 11.7. The summed E-state index contributed by atoms with van der Waals surface area (Å²) < 4.78 is 1.83. The van der Waals surface area contributed by atoms with Gasteiger partial charge in [-0.15, -0.1) is 0 Å². The van der Waals surface area contributed by atoms with Crippen molar-refractivity contribution in [1.29, 1.82) is 0 Å². The molecule has 6 nitrogen and oxygen atoms in total. The third-order valence-electron chi connectivity index (χ3n) is 4.79. The molecular weight excluding hydrogens is 304 g/mol. The van der Waals surface area contributed by atoms with Gasteiger partial charge in [0.25, 0.3) is 5.56 Å². The lowest BCUT2D eigenvalue weighted by molar-refractivity contribution is 0.257. The Balaban J connectivity index is 1.55. The summed E-state index contributed by atoms with van der Waals surface area (Å²) in [6, 6.07) is 12.4. The Bertz CT molecular complexity index is 816. The van der Waals surface area contributed by atoms with Gasteiger partial charge in [0, 0.05) is 30.4 Å². The highest BCUT2D eigenvalue weighted by atomic mass is 16.2. The van der Waals surface area contributed by atoms with E-state index in [4.69, 9.17) is 0 Å². The number of fused-ring (bicyclic) bond motifs is 4. The fraction of sp³-hybridized carbons (Fsp3) is 0.333. The summed E-state index contributed by atoms with van der Waals surface area (Å²) in [6.45, 7) is 2.58. The number of carbonyl (C=O) groups excluding carboxylic acids is 1.